The van der Waals surface area contributed by atoms with Gasteiger partial charge in [0.25, 0.3) is 10.1 Å². The molecule has 1 atom stereocenters. The molecule has 2 aromatic carbocycles. The third-order valence-electron chi connectivity index (χ3n) is 3.35. The van der Waals surface area contributed by atoms with E-state index in [1.165, 1.54) is 12.1 Å². The number of nitrogens with one attached hydrogen (secondary N) is 1. The van der Waals surface area contributed by atoms with Gasteiger partial charge in [-0.2, -0.15) is 8.42 Å². The monoisotopic (exact) mass is 363 g/mol. The molecule has 1 amide bonds. The summed E-state index contributed by atoms with van der Waals surface area (Å²) in [5, 5.41) is 2.49. The van der Waals surface area contributed by atoms with Crippen LogP contribution >= 0.6 is 0 Å². The first-order valence-corrected chi connectivity index (χ1v) is 9.22. The fourth-order valence-corrected chi connectivity index (χ4v) is 3.09. The van der Waals surface area contributed by atoms with Gasteiger partial charge in [-0.1, -0.05) is 48.0 Å². The van der Waals surface area contributed by atoms with Crippen LogP contribution in [-0.4, -0.2) is 27.2 Å². The molecule has 0 aliphatic carbocycles. The molecule has 0 saturated heterocycles. The van der Waals surface area contributed by atoms with Gasteiger partial charge in [-0.15, -0.1) is 0 Å². The Labute approximate surface area is 147 Å². The number of alkyl carbamates (subject to hydrolysis) is 1. The van der Waals surface area contributed by atoms with Crippen molar-refractivity contribution in [3.63, 3.8) is 0 Å². The van der Waals surface area contributed by atoms with Crippen molar-refractivity contribution in [2.75, 3.05) is 6.54 Å². The molecule has 0 aromatic heterocycles. The van der Waals surface area contributed by atoms with Gasteiger partial charge in [0.05, 0.1) is 11.0 Å². The summed E-state index contributed by atoms with van der Waals surface area (Å²) in [7, 11) is -3.87. The van der Waals surface area contributed by atoms with E-state index in [4.69, 9.17) is 8.92 Å². The number of benzene rings is 2. The van der Waals surface area contributed by atoms with Gasteiger partial charge in [0.2, 0.25) is 0 Å². The van der Waals surface area contributed by atoms with Crippen molar-refractivity contribution in [3.05, 3.63) is 65.7 Å². The van der Waals surface area contributed by atoms with Gasteiger partial charge in [0.1, 0.15) is 6.61 Å². The molecule has 0 unspecified atom stereocenters. The Kier molecular flexibility index (Phi) is 6.55. The summed E-state index contributed by atoms with van der Waals surface area (Å²) in [4.78, 5) is 11.7. The van der Waals surface area contributed by atoms with E-state index in [9.17, 15) is 13.2 Å². The van der Waals surface area contributed by atoms with Crippen LogP contribution in [0.1, 0.15) is 18.1 Å². The molecule has 134 valence electrons. The van der Waals surface area contributed by atoms with E-state index in [2.05, 4.69) is 5.32 Å². The van der Waals surface area contributed by atoms with E-state index in [0.29, 0.717) is 0 Å². The molecule has 7 heteroatoms. The van der Waals surface area contributed by atoms with Crippen molar-refractivity contribution < 1.29 is 22.1 Å². The molecule has 2 aromatic rings. The second-order valence-electron chi connectivity index (χ2n) is 5.62. The molecule has 0 radical (unpaired) electrons. The Morgan fingerprint density at radius 2 is 1.72 bits per heavy atom. The average Bonchev–Trinajstić information content (AvgIpc) is 2.59. The fourth-order valence-electron chi connectivity index (χ4n) is 2.01. The first kappa shape index (κ1) is 19.0. The quantitative estimate of drug-likeness (QED) is 0.765. The van der Waals surface area contributed by atoms with Gasteiger partial charge in [-0.25, -0.2) is 4.79 Å². The number of rotatable bonds is 7. The van der Waals surface area contributed by atoms with E-state index >= 15 is 0 Å². The lowest BCUT2D eigenvalue weighted by atomic mass is 10.2. The van der Waals surface area contributed by atoms with Gasteiger partial charge in [0.15, 0.2) is 0 Å². The topological polar surface area (TPSA) is 81.7 Å². The number of carbonyl (C=O) groups excluding carboxylic acids is 1. The summed E-state index contributed by atoms with van der Waals surface area (Å²) in [6.45, 7) is 3.58. The van der Waals surface area contributed by atoms with Gasteiger partial charge in [0, 0.05) is 6.54 Å². The lowest BCUT2D eigenvalue weighted by molar-refractivity contribution is 0.133. The number of hydrogen-bond donors (Lipinski definition) is 1. The zero-order chi connectivity index (χ0) is 18.3. The highest BCUT2D eigenvalue weighted by molar-refractivity contribution is 7.86. The van der Waals surface area contributed by atoms with Crippen LogP contribution in [0.15, 0.2) is 59.5 Å². The summed E-state index contributed by atoms with van der Waals surface area (Å²) in [6.07, 6.45) is -1.36. The second-order valence-corrected chi connectivity index (χ2v) is 7.19. The van der Waals surface area contributed by atoms with Crippen LogP contribution in [0, 0.1) is 6.92 Å². The van der Waals surface area contributed by atoms with Crippen LogP contribution in [-0.2, 0) is 25.6 Å². The third kappa shape index (κ3) is 6.21. The highest BCUT2D eigenvalue weighted by Gasteiger charge is 2.19. The molecule has 6 nitrogen and oxygen atoms in total. The summed E-state index contributed by atoms with van der Waals surface area (Å²) in [5.41, 5.74) is 1.82. The molecule has 0 heterocycles. The summed E-state index contributed by atoms with van der Waals surface area (Å²) in [5.74, 6) is 0. The highest BCUT2D eigenvalue weighted by Crippen LogP contribution is 2.14. The van der Waals surface area contributed by atoms with E-state index in [0.717, 1.165) is 11.1 Å². The standard InChI is InChI=1S/C18H21NO5S/c1-14-8-10-17(11-9-14)25(21,22)24-15(2)12-19-18(20)23-13-16-6-4-3-5-7-16/h3-11,15H,12-13H2,1-2H3,(H,19,20)/t15-/m1/s1. The predicted molar refractivity (Wildman–Crippen MR) is 93.5 cm³/mol. The minimum atomic E-state index is -3.87. The summed E-state index contributed by atoms with van der Waals surface area (Å²) in [6, 6.07) is 15.6. The first-order chi connectivity index (χ1) is 11.9. The van der Waals surface area contributed by atoms with Gasteiger partial charge in [-0.3, -0.25) is 4.18 Å². The van der Waals surface area contributed by atoms with E-state index < -0.39 is 22.3 Å². The first-order valence-electron chi connectivity index (χ1n) is 7.81. The van der Waals surface area contributed by atoms with Crippen molar-refractivity contribution in [1.82, 2.24) is 5.32 Å². The fraction of sp³-hybridized carbons (Fsp3) is 0.278. The Bertz CT molecular complexity index is 788. The van der Waals surface area contributed by atoms with Gasteiger partial charge < -0.3 is 10.1 Å². The maximum Gasteiger partial charge on any atom is 0.407 e. The molecule has 0 saturated carbocycles. The van der Waals surface area contributed by atoms with Crippen LogP contribution in [0.25, 0.3) is 0 Å². The highest BCUT2D eigenvalue weighted by atomic mass is 32.2. The summed E-state index contributed by atoms with van der Waals surface area (Å²) < 4.78 is 34.4. The molecule has 1 N–H and O–H groups in total. The lowest BCUT2D eigenvalue weighted by Gasteiger charge is -2.14. The van der Waals surface area contributed by atoms with Crippen LogP contribution in [0.5, 0.6) is 0 Å². The molecule has 0 aliphatic heterocycles. The zero-order valence-electron chi connectivity index (χ0n) is 14.1. The number of carbonyl (C=O) groups is 1. The molecule has 0 spiro atoms. The zero-order valence-corrected chi connectivity index (χ0v) is 15.0. The van der Waals surface area contributed by atoms with Crippen molar-refractivity contribution in [1.29, 1.82) is 0 Å². The van der Waals surface area contributed by atoms with E-state index in [-0.39, 0.29) is 18.0 Å². The van der Waals surface area contributed by atoms with E-state index in [1.54, 1.807) is 19.1 Å². The SMILES string of the molecule is Cc1ccc(S(=O)(=O)O[C@H](C)CNC(=O)OCc2ccccc2)cc1. The minimum Gasteiger partial charge on any atom is -0.445 e. The number of ether oxygens (including phenoxy) is 1. The Morgan fingerprint density at radius 1 is 1.08 bits per heavy atom. The van der Waals surface area contributed by atoms with Crippen molar-refractivity contribution >= 4 is 16.2 Å². The third-order valence-corrected chi connectivity index (χ3v) is 4.78. The molecular formula is C18H21NO5S. The Morgan fingerprint density at radius 3 is 2.36 bits per heavy atom. The van der Waals surface area contributed by atoms with Crippen LogP contribution in [0.2, 0.25) is 0 Å². The van der Waals surface area contributed by atoms with Crippen molar-refractivity contribution in [3.8, 4) is 0 Å². The maximum absolute atomic E-state index is 12.1. The Balaban J connectivity index is 1.78. The number of aryl methyl sites for hydroxylation is 1. The van der Waals surface area contributed by atoms with Crippen LogP contribution in [0.4, 0.5) is 4.79 Å². The van der Waals surface area contributed by atoms with Gasteiger partial charge in [-0.05, 0) is 31.5 Å². The van der Waals surface area contributed by atoms with Crippen molar-refractivity contribution in [2.24, 2.45) is 0 Å². The normalized spacial score (nSPS) is 12.4. The lowest BCUT2D eigenvalue weighted by Crippen LogP contribution is -2.33. The van der Waals surface area contributed by atoms with E-state index in [1.807, 2.05) is 37.3 Å². The van der Waals surface area contributed by atoms with Crippen LogP contribution < -0.4 is 5.32 Å². The Hall–Kier alpha value is -2.38. The number of amides is 1. The molecule has 0 fully saturated rings. The smallest absolute Gasteiger partial charge is 0.407 e. The molecule has 25 heavy (non-hydrogen) atoms. The predicted octanol–water partition coefficient (Wildman–Crippen LogP) is 3.02. The summed E-state index contributed by atoms with van der Waals surface area (Å²) >= 11 is 0. The second kappa shape index (κ2) is 8.64. The van der Waals surface area contributed by atoms with Crippen LogP contribution in [0.3, 0.4) is 0 Å². The molecule has 0 bridgehead atoms. The largest absolute Gasteiger partial charge is 0.445 e. The number of hydrogen-bond acceptors (Lipinski definition) is 5. The molecule has 0 aliphatic rings. The van der Waals surface area contributed by atoms with Crippen molar-refractivity contribution in [2.45, 2.75) is 31.5 Å². The maximum atomic E-state index is 12.1. The molecule has 2 rings (SSSR count). The minimum absolute atomic E-state index is 0.0126. The van der Waals surface area contributed by atoms with Gasteiger partial charge >= 0.3 is 6.09 Å². The molecular weight excluding hydrogens is 342 g/mol. The average molecular weight is 363 g/mol.